The number of phosphoric acid groups is 1. The molecular weight excluding hydrogens is 181 g/mol. The molecule has 0 heterocycles. The maximum atomic E-state index is 8.88. The molecule has 0 aliphatic rings. The third-order valence-electron chi connectivity index (χ3n) is 1.17. The second-order valence-electron chi connectivity index (χ2n) is 2.16. The van der Waals surface area contributed by atoms with Crippen LogP contribution in [0, 0.1) is 17.2 Å². The van der Waals surface area contributed by atoms with E-state index in [4.69, 9.17) is 24.5 Å². The Morgan fingerprint density at radius 1 is 1.33 bits per heavy atom. The van der Waals surface area contributed by atoms with Crippen molar-refractivity contribution in [2.24, 2.45) is 5.92 Å². The summed E-state index contributed by atoms with van der Waals surface area (Å²) in [5.41, 5.74) is 0. The van der Waals surface area contributed by atoms with Gasteiger partial charge in [0.15, 0.2) is 0 Å². The standard InChI is InChI=1S/C6H11N.H3O4P/c1-3-6(4-2)5-7;1-5(2,3)4/h6H,3-4H2,1-2H3;(H3,1,2,3,4). The topological polar surface area (TPSA) is 102 Å². The Bertz CT molecular complexity index is 170. The number of hydrogen-bond acceptors (Lipinski definition) is 2. The Hall–Kier alpha value is -0.400. The van der Waals surface area contributed by atoms with Crippen molar-refractivity contribution in [3.05, 3.63) is 0 Å². The van der Waals surface area contributed by atoms with Crippen molar-refractivity contribution in [2.45, 2.75) is 26.7 Å². The zero-order valence-corrected chi connectivity index (χ0v) is 8.03. The number of nitrogens with zero attached hydrogens (tertiary/aromatic N) is 1. The minimum atomic E-state index is -4.64. The molecule has 0 aromatic heterocycles. The van der Waals surface area contributed by atoms with Gasteiger partial charge in [-0.25, -0.2) is 4.57 Å². The molecule has 0 fully saturated rings. The lowest BCUT2D eigenvalue weighted by Crippen LogP contribution is -1.88. The molecule has 0 aromatic rings. The second-order valence-corrected chi connectivity index (χ2v) is 3.18. The van der Waals surface area contributed by atoms with Crippen molar-refractivity contribution in [2.75, 3.05) is 0 Å². The van der Waals surface area contributed by atoms with E-state index in [0.29, 0.717) is 5.92 Å². The Kier molecular flexibility index (Phi) is 8.56. The average Bonchev–Trinajstić information content (AvgIpc) is 1.88. The van der Waals surface area contributed by atoms with Gasteiger partial charge in [-0.05, 0) is 12.8 Å². The summed E-state index contributed by atoms with van der Waals surface area (Å²) < 4.78 is 8.88. The van der Waals surface area contributed by atoms with Gasteiger partial charge in [-0.15, -0.1) is 0 Å². The molecule has 0 radical (unpaired) electrons. The van der Waals surface area contributed by atoms with Crippen LogP contribution in [0.4, 0.5) is 0 Å². The van der Waals surface area contributed by atoms with E-state index in [-0.39, 0.29) is 0 Å². The van der Waals surface area contributed by atoms with Gasteiger partial charge >= 0.3 is 7.82 Å². The van der Waals surface area contributed by atoms with E-state index in [9.17, 15) is 0 Å². The minimum Gasteiger partial charge on any atom is -0.303 e. The van der Waals surface area contributed by atoms with Crippen LogP contribution in [0.25, 0.3) is 0 Å². The van der Waals surface area contributed by atoms with Crippen LogP contribution < -0.4 is 0 Å². The van der Waals surface area contributed by atoms with Crippen molar-refractivity contribution < 1.29 is 19.2 Å². The monoisotopic (exact) mass is 195 g/mol. The molecule has 6 heteroatoms. The second kappa shape index (κ2) is 7.26. The van der Waals surface area contributed by atoms with E-state index in [0.717, 1.165) is 12.8 Å². The third kappa shape index (κ3) is 22.6. The van der Waals surface area contributed by atoms with Crippen LogP contribution in [0.15, 0.2) is 0 Å². The van der Waals surface area contributed by atoms with E-state index in [1.807, 2.05) is 13.8 Å². The molecule has 0 rings (SSSR count). The smallest absolute Gasteiger partial charge is 0.303 e. The van der Waals surface area contributed by atoms with Crippen molar-refractivity contribution in [1.29, 1.82) is 5.26 Å². The quantitative estimate of drug-likeness (QED) is 0.571. The number of hydrogen-bond donors (Lipinski definition) is 3. The first-order chi connectivity index (χ1) is 5.35. The van der Waals surface area contributed by atoms with Gasteiger partial charge in [-0.3, -0.25) is 0 Å². The lowest BCUT2D eigenvalue weighted by Gasteiger charge is -1.95. The maximum absolute atomic E-state index is 8.88. The zero-order valence-electron chi connectivity index (χ0n) is 7.14. The zero-order chi connectivity index (χ0) is 10.2. The summed E-state index contributed by atoms with van der Waals surface area (Å²) in [6, 6.07) is 2.20. The SMILES string of the molecule is CCC(C#N)CC.O=P(O)(O)O. The van der Waals surface area contributed by atoms with Crippen molar-refractivity contribution in [3.8, 4) is 6.07 Å². The molecule has 0 aliphatic carbocycles. The van der Waals surface area contributed by atoms with Crippen molar-refractivity contribution in [1.82, 2.24) is 0 Å². The van der Waals surface area contributed by atoms with Crippen LogP contribution in [-0.2, 0) is 4.57 Å². The van der Waals surface area contributed by atoms with E-state index in [1.165, 1.54) is 0 Å². The molecule has 72 valence electrons. The summed E-state index contributed by atoms with van der Waals surface area (Å²) in [6.45, 7) is 4.08. The van der Waals surface area contributed by atoms with Gasteiger partial charge in [0.1, 0.15) is 0 Å². The van der Waals surface area contributed by atoms with Crippen LogP contribution in [0.2, 0.25) is 0 Å². The molecule has 12 heavy (non-hydrogen) atoms. The van der Waals surface area contributed by atoms with Gasteiger partial charge in [0.25, 0.3) is 0 Å². The molecule has 0 aliphatic heterocycles. The highest BCUT2D eigenvalue weighted by Crippen LogP contribution is 2.25. The average molecular weight is 195 g/mol. The summed E-state index contributed by atoms with van der Waals surface area (Å²) in [6.07, 6.45) is 1.99. The fourth-order valence-electron chi connectivity index (χ4n) is 0.471. The van der Waals surface area contributed by atoms with Gasteiger partial charge < -0.3 is 14.7 Å². The van der Waals surface area contributed by atoms with Gasteiger partial charge in [0, 0.05) is 5.92 Å². The Labute approximate surface area is 71.9 Å². The Balaban J connectivity index is 0. The van der Waals surface area contributed by atoms with Crippen LogP contribution in [0.3, 0.4) is 0 Å². The summed E-state index contributed by atoms with van der Waals surface area (Å²) in [4.78, 5) is 21.6. The number of nitriles is 1. The summed E-state index contributed by atoms with van der Waals surface area (Å²) in [7, 11) is -4.64. The fraction of sp³-hybridized carbons (Fsp3) is 0.833. The summed E-state index contributed by atoms with van der Waals surface area (Å²) in [5, 5.41) is 8.28. The summed E-state index contributed by atoms with van der Waals surface area (Å²) >= 11 is 0. The molecular formula is C6H14NO4P. The van der Waals surface area contributed by atoms with E-state index < -0.39 is 7.82 Å². The Morgan fingerprint density at radius 2 is 1.58 bits per heavy atom. The summed E-state index contributed by atoms with van der Waals surface area (Å²) in [5.74, 6) is 0.292. The van der Waals surface area contributed by atoms with Crippen LogP contribution >= 0.6 is 7.82 Å². The molecule has 0 amide bonds. The molecule has 0 atom stereocenters. The van der Waals surface area contributed by atoms with Gasteiger partial charge in [0.2, 0.25) is 0 Å². The first kappa shape index (κ1) is 14.1. The maximum Gasteiger partial charge on any atom is 0.466 e. The molecule has 5 nitrogen and oxygen atoms in total. The van der Waals surface area contributed by atoms with E-state index >= 15 is 0 Å². The van der Waals surface area contributed by atoms with E-state index in [1.54, 1.807) is 0 Å². The van der Waals surface area contributed by atoms with Crippen LogP contribution in [-0.4, -0.2) is 14.7 Å². The highest BCUT2D eigenvalue weighted by atomic mass is 31.2. The first-order valence-corrected chi connectivity index (χ1v) is 5.09. The molecule has 0 bridgehead atoms. The van der Waals surface area contributed by atoms with Gasteiger partial charge in [0.05, 0.1) is 6.07 Å². The van der Waals surface area contributed by atoms with Crippen molar-refractivity contribution >= 4 is 7.82 Å². The highest BCUT2D eigenvalue weighted by Gasteiger charge is 2.00. The van der Waals surface area contributed by atoms with E-state index in [2.05, 4.69) is 6.07 Å². The normalized spacial score (nSPS) is 10.1. The molecule has 0 unspecified atom stereocenters. The van der Waals surface area contributed by atoms with Gasteiger partial charge in [-0.2, -0.15) is 5.26 Å². The number of rotatable bonds is 2. The van der Waals surface area contributed by atoms with Crippen LogP contribution in [0.1, 0.15) is 26.7 Å². The van der Waals surface area contributed by atoms with Gasteiger partial charge in [-0.1, -0.05) is 13.8 Å². The molecule has 0 saturated heterocycles. The molecule has 0 saturated carbocycles. The molecule has 0 aromatic carbocycles. The Morgan fingerprint density at radius 3 is 1.58 bits per heavy atom. The van der Waals surface area contributed by atoms with Crippen LogP contribution in [0.5, 0.6) is 0 Å². The lowest BCUT2D eigenvalue weighted by atomic mass is 10.1. The lowest BCUT2D eigenvalue weighted by molar-refractivity contribution is 0.275. The third-order valence-corrected chi connectivity index (χ3v) is 1.17. The minimum absolute atomic E-state index is 0.292. The molecule has 0 spiro atoms. The predicted octanol–water partition coefficient (Wildman–Crippen LogP) is 1.02. The first-order valence-electron chi connectivity index (χ1n) is 3.53. The highest BCUT2D eigenvalue weighted by molar-refractivity contribution is 7.45. The largest absolute Gasteiger partial charge is 0.466 e. The van der Waals surface area contributed by atoms with Crippen molar-refractivity contribution in [3.63, 3.8) is 0 Å². The predicted molar refractivity (Wildman–Crippen MR) is 43.9 cm³/mol. The fourth-order valence-corrected chi connectivity index (χ4v) is 0.471. The molecule has 3 N–H and O–H groups in total.